The Morgan fingerprint density at radius 2 is 0.710 bits per heavy atom. The van der Waals surface area contributed by atoms with E-state index in [2.05, 4.69) is 252 Å². The Morgan fingerprint density at radius 1 is 0.258 bits per heavy atom. The van der Waals surface area contributed by atoms with Crippen LogP contribution in [0.4, 0.5) is 17.1 Å². The molecule has 0 spiro atoms. The average molecular weight is 789 g/mol. The Balaban J connectivity index is 0.967. The molecule has 62 heavy (non-hydrogen) atoms. The van der Waals surface area contributed by atoms with E-state index in [9.17, 15) is 0 Å². The number of aromatic nitrogens is 1. The second-order valence-electron chi connectivity index (χ2n) is 16.1. The van der Waals surface area contributed by atoms with E-state index in [0.717, 1.165) is 17.1 Å². The van der Waals surface area contributed by atoms with E-state index < -0.39 is 0 Å². The van der Waals surface area contributed by atoms with Gasteiger partial charge in [-0.2, -0.15) is 0 Å². The first-order valence-electron chi connectivity index (χ1n) is 21.3. The molecule has 0 unspecified atom stereocenters. The fraction of sp³-hybridized carbons (Fsp3) is 0. The zero-order valence-corrected chi connectivity index (χ0v) is 34.0. The van der Waals surface area contributed by atoms with Gasteiger partial charge in [-0.25, -0.2) is 0 Å². The Hall–Kier alpha value is -8.20. The lowest BCUT2D eigenvalue weighted by atomic mass is 9.86. The van der Waals surface area contributed by atoms with E-state index in [1.54, 1.807) is 0 Å². The third-order valence-electron chi connectivity index (χ3n) is 12.5. The average Bonchev–Trinajstić information content (AvgIpc) is 3.68. The highest BCUT2D eigenvalue weighted by Gasteiger charge is 2.19. The molecule has 290 valence electrons. The van der Waals surface area contributed by atoms with Gasteiger partial charge >= 0.3 is 0 Å². The lowest BCUT2D eigenvalue weighted by Gasteiger charge is -2.26. The van der Waals surface area contributed by atoms with Gasteiger partial charge in [0.15, 0.2) is 0 Å². The summed E-state index contributed by atoms with van der Waals surface area (Å²) in [5.41, 5.74) is 14.2. The summed E-state index contributed by atoms with van der Waals surface area (Å²) in [6.45, 7) is 0. The first-order chi connectivity index (χ1) is 30.8. The van der Waals surface area contributed by atoms with Crippen LogP contribution in [0.15, 0.2) is 243 Å². The quantitative estimate of drug-likeness (QED) is 0.146. The number of hydrogen-bond acceptors (Lipinski definition) is 1. The number of fused-ring (bicyclic) bond motifs is 6. The highest BCUT2D eigenvalue weighted by Crippen LogP contribution is 2.45. The molecule has 2 heteroatoms. The first kappa shape index (κ1) is 35.7. The molecular weight excluding hydrogens is 749 g/mol. The summed E-state index contributed by atoms with van der Waals surface area (Å²) >= 11 is 0. The monoisotopic (exact) mass is 788 g/mol. The summed E-state index contributed by atoms with van der Waals surface area (Å²) in [7, 11) is 0. The molecule has 0 fully saturated rings. The van der Waals surface area contributed by atoms with Crippen molar-refractivity contribution in [3.05, 3.63) is 243 Å². The minimum absolute atomic E-state index is 1.10. The van der Waals surface area contributed by atoms with Crippen molar-refractivity contribution in [3.8, 4) is 39.1 Å². The predicted molar refractivity (Wildman–Crippen MR) is 264 cm³/mol. The Morgan fingerprint density at radius 3 is 1.34 bits per heavy atom. The van der Waals surface area contributed by atoms with Crippen LogP contribution in [-0.4, -0.2) is 4.57 Å². The van der Waals surface area contributed by atoms with Gasteiger partial charge in [0.25, 0.3) is 0 Å². The van der Waals surface area contributed by atoms with Gasteiger partial charge in [0, 0.05) is 33.5 Å². The highest BCUT2D eigenvalue weighted by molar-refractivity contribution is 6.21. The van der Waals surface area contributed by atoms with E-state index >= 15 is 0 Å². The Bertz CT molecular complexity index is 3550. The van der Waals surface area contributed by atoms with E-state index in [0.29, 0.717) is 0 Å². The van der Waals surface area contributed by atoms with Gasteiger partial charge in [0.05, 0.1) is 11.0 Å². The van der Waals surface area contributed by atoms with E-state index in [4.69, 9.17) is 0 Å². The van der Waals surface area contributed by atoms with Crippen LogP contribution in [-0.2, 0) is 0 Å². The zero-order valence-electron chi connectivity index (χ0n) is 34.0. The maximum atomic E-state index is 2.38. The van der Waals surface area contributed by atoms with Crippen LogP contribution >= 0.6 is 0 Å². The number of para-hydroxylation sites is 2. The molecule has 0 bridgehead atoms. The van der Waals surface area contributed by atoms with Crippen LogP contribution in [0.3, 0.4) is 0 Å². The summed E-state index contributed by atoms with van der Waals surface area (Å²) in [6, 6.07) is 88.4. The first-order valence-corrected chi connectivity index (χ1v) is 21.3. The van der Waals surface area contributed by atoms with Gasteiger partial charge in [-0.1, -0.05) is 176 Å². The van der Waals surface area contributed by atoms with Crippen LogP contribution in [0.25, 0.3) is 93.2 Å². The largest absolute Gasteiger partial charge is 0.310 e. The van der Waals surface area contributed by atoms with Crippen LogP contribution in [0, 0.1) is 0 Å². The van der Waals surface area contributed by atoms with Crippen LogP contribution in [0.2, 0.25) is 0 Å². The molecule has 11 aromatic carbocycles. The van der Waals surface area contributed by atoms with Crippen molar-refractivity contribution < 1.29 is 0 Å². The van der Waals surface area contributed by atoms with Crippen molar-refractivity contribution in [3.63, 3.8) is 0 Å². The highest BCUT2D eigenvalue weighted by atomic mass is 15.1. The summed E-state index contributed by atoms with van der Waals surface area (Å²) < 4.78 is 2.37. The molecule has 0 amide bonds. The SMILES string of the molecule is c1ccc(-c2c3ccccc3c(-c3ccc(N(c4ccc(-c5ccc6c(c5)c5ccccc5n6-c5ccccc5)cc4)c4ccc5ccccc5c4)cc3)c3ccccc23)cc1. The Kier molecular flexibility index (Phi) is 8.53. The van der Waals surface area contributed by atoms with E-state index in [1.165, 1.54) is 93.2 Å². The van der Waals surface area contributed by atoms with E-state index in [1.807, 2.05) is 0 Å². The third kappa shape index (κ3) is 5.96. The minimum Gasteiger partial charge on any atom is -0.310 e. The molecule has 0 saturated carbocycles. The molecule has 0 aliphatic carbocycles. The molecule has 12 aromatic rings. The number of benzene rings is 11. The fourth-order valence-electron chi connectivity index (χ4n) is 9.71. The van der Waals surface area contributed by atoms with Gasteiger partial charge in [0.1, 0.15) is 0 Å². The maximum Gasteiger partial charge on any atom is 0.0541 e. The maximum absolute atomic E-state index is 2.38. The van der Waals surface area contributed by atoms with Crippen molar-refractivity contribution in [2.45, 2.75) is 0 Å². The molecule has 1 heterocycles. The second kappa shape index (κ2) is 14.8. The number of nitrogens with zero attached hydrogens (tertiary/aromatic N) is 2. The smallest absolute Gasteiger partial charge is 0.0541 e. The second-order valence-corrected chi connectivity index (χ2v) is 16.1. The summed E-state index contributed by atoms with van der Waals surface area (Å²) in [4.78, 5) is 2.38. The Labute approximate surface area is 360 Å². The molecule has 0 saturated heterocycles. The summed E-state index contributed by atoms with van der Waals surface area (Å²) in [5.74, 6) is 0. The predicted octanol–water partition coefficient (Wildman–Crippen LogP) is 16.7. The summed E-state index contributed by atoms with van der Waals surface area (Å²) in [6.07, 6.45) is 0. The van der Waals surface area contributed by atoms with Gasteiger partial charge in [0.2, 0.25) is 0 Å². The van der Waals surface area contributed by atoms with Crippen LogP contribution < -0.4 is 4.90 Å². The van der Waals surface area contributed by atoms with Crippen molar-refractivity contribution in [1.82, 2.24) is 4.57 Å². The zero-order chi connectivity index (χ0) is 41.0. The molecule has 12 rings (SSSR count). The van der Waals surface area contributed by atoms with Crippen molar-refractivity contribution >= 4 is 71.2 Å². The van der Waals surface area contributed by atoms with E-state index in [-0.39, 0.29) is 0 Å². The fourth-order valence-corrected chi connectivity index (χ4v) is 9.71. The summed E-state index contributed by atoms with van der Waals surface area (Å²) in [5, 5.41) is 9.96. The molecule has 0 radical (unpaired) electrons. The van der Waals surface area contributed by atoms with Gasteiger partial charge in [-0.3, -0.25) is 0 Å². The standard InChI is InChI=1S/C60H40N2/c1-3-16-43(17-4-1)59-52-22-9-11-24-54(52)60(55-25-12-10-23-53(55)59)44-30-35-49(36-31-44)61(50-37-29-41-15-7-8-18-45(41)39-50)48-33-27-42(28-34-48)46-32-38-58-56(40-46)51-21-13-14-26-57(51)62(58)47-19-5-2-6-20-47/h1-40H. The van der Waals surface area contributed by atoms with Crippen molar-refractivity contribution in [2.24, 2.45) is 0 Å². The normalized spacial score (nSPS) is 11.5. The van der Waals surface area contributed by atoms with Gasteiger partial charge < -0.3 is 9.47 Å². The molecule has 0 N–H and O–H groups in total. The van der Waals surface area contributed by atoms with Crippen LogP contribution in [0.1, 0.15) is 0 Å². The number of rotatable bonds is 7. The molecule has 0 aliphatic rings. The number of anilines is 3. The molecule has 2 nitrogen and oxygen atoms in total. The third-order valence-corrected chi connectivity index (χ3v) is 12.5. The topological polar surface area (TPSA) is 8.17 Å². The molecular formula is C60H40N2. The molecule has 0 aliphatic heterocycles. The lowest BCUT2D eigenvalue weighted by molar-refractivity contribution is 1.18. The van der Waals surface area contributed by atoms with Crippen molar-refractivity contribution in [2.75, 3.05) is 4.90 Å². The van der Waals surface area contributed by atoms with Gasteiger partial charge in [-0.05, 0) is 132 Å². The van der Waals surface area contributed by atoms with Crippen LogP contribution in [0.5, 0.6) is 0 Å². The minimum atomic E-state index is 1.10. The number of hydrogen-bond donors (Lipinski definition) is 0. The molecule has 0 atom stereocenters. The van der Waals surface area contributed by atoms with Gasteiger partial charge in [-0.15, -0.1) is 0 Å². The lowest BCUT2D eigenvalue weighted by Crippen LogP contribution is -2.09. The van der Waals surface area contributed by atoms with Crippen molar-refractivity contribution in [1.29, 1.82) is 0 Å². The molecule has 1 aromatic heterocycles.